The number of carbonyl (C=O) groups is 1. The Kier molecular flexibility index (Phi) is 4.08. The van der Waals surface area contributed by atoms with E-state index in [4.69, 9.17) is 27.9 Å². The zero-order valence-electron chi connectivity index (χ0n) is 7.50. The third-order valence-electron chi connectivity index (χ3n) is 2.01. The molecule has 1 atom stereocenters. The highest BCUT2D eigenvalue weighted by molar-refractivity contribution is 6.35. The normalized spacial score (nSPS) is 19.1. The summed E-state index contributed by atoms with van der Waals surface area (Å²) in [5.41, 5.74) is 0.821. The highest BCUT2D eigenvalue weighted by Crippen LogP contribution is 2.28. The van der Waals surface area contributed by atoms with Crippen molar-refractivity contribution >= 4 is 41.7 Å². The molecule has 1 amide bonds. The SMILES string of the molecule is Cl.O=C1N[C@@H](c2ccc(Cl)cc2Cl)CO1. The molecular formula is C9H8Cl3NO2. The van der Waals surface area contributed by atoms with Gasteiger partial charge in [0.05, 0.1) is 6.04 Å². The van der Waals surface area contributed by atoms with Gasteiger partial charge in [-0.25, -0.2) is 4.79 Å². The van der Waals surface area contributed by atoms with Crippen molar-refractivity contribution in [3.8, 4) is 0 Å². The first-order valence-electron chi connectivity index (χ1n) is 4.05. The molecule has 1 aliphatic rings. The van der Waals surface area contributed by atoms with Crippen molar-refractivity contribution in [1.29, 1.82) is 0 Å². The first-order chi connectivity index (χ1) is 6.66. The van der Waals surface area contributed by atoms with E-state index in [1.165, 1.54) is 0 Å². The zero-order chi connectivity index (χ0) is 10.1. The van der Waals surface area contributed by atoms with E-state index in [-0.39, 0.29) is 18.4 Å². The number of benzene rings is 1. The number of halogens is 3. The third-order valence-corrected chi connectivity index (χ3v) is 2.57. The van der Waals surface area contributed by atoms with Gasteiger partial charge in [0.1, 0.15) is 6.61 Å². The molecule has 0 saturated carbocycles. The van der Waals surface area contributed by atoms with Crippen molar-refractivity contribution in [2.24, 2.45) is 0 Å². The fourth-order valence-electron chi connectivity index (χ4n) is 1.34. The minimum atomic E-state index is -0.416. The van der Waals surface area contributed by atoms with Gasteiger partial charge in [-0.1, -0.05) is 29.3 Å². The molecule has 0 aromatic heterocycles. The maximum absolute atomic E-state index is 10.8. The minimum Gasteiger partial charge on any atom is -0.447 e. The number of cyclic esters (lactones) is 1. The Morgan fingerprint density at radius 2 is 2.13 bits per heavy atom. The molecule has 0 radical (unpaired) electrons. The lowest BCUT2D eigenvalue weighted by molar-refractivity contribution is 0.177. The lowest BCUT2D eigenvalue weighted by Crippen LogP contribution is -2.18. The van der Waals surface area contributed by atoms with Crippen LogP contribution in [-0.4, -0.2) is 12.7 Å². The van der Waals surface area contributed by atoms with E-state index in [1.807, 2.05) is 0 Å². The Morgan fingerprint density at radius 1 is 1.40 bits per heavy atom. The van der Waals surface area contributed by atoms with Crippen molar-refractivity contribution < 1.29 is 9.53 Å². The number of nitrogens with one attached hydrogen (secondary N) is 1. The molecular weight excluding hydrogens is 260 g/mol. The number of hydrogen-bond donors (Lipinski definition) is 1. The summed E-state index contributed by atoms with van der Waals surface area (Å²) in [6.45, 7) is 0.306. The predicted molar refractivity (Wildman–Crippen MR) is 60.9 cm³/mol. The fourth-order valence-corrected chi connectivity index (χ4v) is 1.88. The molecule has 1 saturated heterocycles. The van der Waals surface area contributed by atoms with Gasteiger partial charge in [0.15, 0.2) is 0 Å². The molecule has 2 rings (SSSR count). The fraction of sp³-hybridized carbons (Fsp3) is 0.222. The molecule has 1 N–H and O–H groups in total. The van der Waals surface area contributed by atoms with Gasteiger partial charge in [-0.15, -0.1) is 12.4 Å². The van der Waals surface area contributed by atoms with Gasteiger partial charge in [-0.2, -0.15) is 0 Å². The lowest BCUT2D eigenvalue weighted by atomic mass is 10.1. The lowest BCUT2D eigenvalue weighted by Gasteiger charge is -2.09. The topological polar surface area (TPSA) is 38.3 Å². The van der Waals surface area contributed by atoms with Crippen LogP contribution < -0.4 is 5.32 Å². The van der Waals surface area contributed by atoms with E-state index in [1.54, 1.807) is 18.2 Å². The van der Waals surface area contributed by atoms with Crippen molar-refractivity contribution in [3.63, 3.8) is 0 Å². The van der Waals surface area contributed by atoms with E-state index in [9.17, 15) is 4.79 Å². The maximum atomic E-state index is 10.8. The first kappa shape index (κ1) is 12.4. The molecule has 3 nitrogen and oxygen atoms in total. The summed E-state index contributed by atoms with van der Waals surface area (Å²) in [6.07, 6.45) is -0.416. The summed E-state index contributed by atoms with van der Waals surface area (Å²) < 4.78 is 4.76. The average Bonchev–Trinajstić information content (AvgIpc) is 2.51. The Labute approximate surface area is 103 Å². The molecule has 15 heavy (non-hydrogen) atoms. The maximum Gasteiger partial charge on any atom is 0.407 e. The number of hydrogen-bond acceptors (Lipinski definition) is 2. The minimum absolute atomic E-state index is 0. The standard InChI is InChI=1S/C9H7Cl2NO2.ClH/c10-5-1-2-6(7(11)3-5)8-4-14-9(13)12-8;/h1-3,8H,4H2,(H,12,13);1H/t8-;/m1./s1. The molecule has 1 fully saturated rings. The van der Waals surface area contributed by atoms with Crippen LogP contribution in [0.5, 0.6) is 0 Å². The highest BCUT2D eigenvalue weighted by Gasteiger charge is 2.25. The number of amides is 1. The second kappa shape index (κ2) is 4.92. The summed E-state index contributed by atoms with van der Waals surface area (Å²) >= 11 is 11.7. The quantitative estimate of drug-likeness (QED) is 0.849. The van der Waals surface area contributed by atoms with Crippen LogP contribution in [0, 0.1) is 0 Å². The molecule has 6 heteroatoms. The molecule has 1 heterocycles. The molecule has 1 aromatic carbocycles. The second-order valence-electron chi connectivity index (χ2n) is 2.96. The van der Waals surface area contributed by atoms with Gasteiger partial charge in [0.2, 0.25) is 0 Å². The number of rotatable bonds is 1. The molecule has 0 aliphatic carbocycles. The summed E-state index contributed by atoms with van der Waals surface area (Å²) in [4.78, 5) is 10.8. The van der Waals surface area contributed by atoms with Gasteiger partial charge < -0.3 is 10.1 Å². The molecule has 0 unspecified atom stereocenters. The number of ether oxygens (including phenoxy) is 1. The largest absolute Gasteiger partial charge is 0.447 e. The van der Waals surface area contributed by atoms with Crippen LogP contribution in [0.4, 0.5) is 4.79 Å². The van der Waals surface area contributed by atoms with E-state index < -0.39 is 6.09 Å². The van der Waals surface area contributed by atoms with Crippen molar-refractivity contribution in [2.45, 2.75) is 6.04 Å². The average molecular weight is 269 g/mol. The summed E-state index contributed by atoms with van der Waals surface area (Å²) in [6, 6.07) is 4.98. The van der Waals surface area contributed by atoms with E-state index >= 15 is 0 Å². The Bertz CT molecular complexity index is 384. The van der Waals surface area contributed by atoms with Crippen LogP contribution in [0.25, 0.3) is 0 Å². The molecule has 0 spiro atoms. The summed E-state index contributed by atoms with van der Waals surface area (Å²) in [7, 11) is 0. The third kappa shape index (κ3) is 2.68. The Morgan fingerprint density at radius 3 is 2.67 bits per heavy atom. The highest BCUT2D eigenvalue weighted by atomic mass is 35.5. The van der Waals surface area contributed by atoms with Crippen LogP contribution in [0.3, 0.4) is 0 Å². The van der Waals surface area contributed by atoms with E-state index in [0.29, 0.717) is 16.7 Å². The Balaban J connectivity index is 0.00000112. The summed E-state index contributed by atoms with van der Waals surface area (Å²) in [5.74, 6) is 0. The first-order valence-corrected chi connectivity index (χ1v) is 4.80. The molecule has 0 bridgehead atoms. The van der Waals surface area contributed by atoms with Gasteiger partial charge in [-0.05, 0) is 17.7 Å². The van der Waals surface area contributed by atoms with Crippen molar-refractivity contribution in [2.75, 3.05) is 6.61 Å². The predicted octanol–water partition coefficient (Wildman–Crippen LogP) is 3.20. The van der Waals surface area contributed by atoms with Gasteiger partial charge in [0.25, 0.3) is 0 Å². The number of carbonyl (C=O) groups excluding carboxylic acids is 1. The summed E-state index contributed by atoms with van der Waals surface area (Å²) in [5, 5.41) is 3.75. The van der Waals surface area contributed by atoms with Crippen molar-refractivity contribution in [1.82, 2.24) is 5.32 Å². The molecule has 82 valence electrons. The van der Waals surface area contributed by atoms with Crippen LogP contribution in [0.15, 0.2) is 18.2 Å². The van der Waals surface area contributed by atoms with Crippen LogP contribution >= 0.6 is 35.6 Å². The van der Waals surface area contributed by atoms with Gasteiger partial charge >= 0.3 is 6.09 Å². The number of alkyl carbamates (subject to hydrolysis) is 1. The zero-order valence-corrected chi connectivity index (χ0v) is 9.83. The molecule has 1 aliphatic heterocycles. The van der Waals surface area contributed by atoms with Crippen LogP contribution in [0.2, 0.25) is 10.0 Å². The van der Waals surface area contributed by atoms with Crippen molar-refractivity contribution in [3.05, 3.63) is 33.8 Å². The van der Waals surface area contributed by atoms with Gasteiger partial charge in [0, 0.05) is 10.0 Å². The second-order valence-corrected chi connectivity index (χ2v) is 3.80. The Hall–Kier alpha value is -0.640. The van der Waals surface area contributed by atoms with Crippen LogP contribution in [-0.2, 0) is 4.74 Å². The van der Waals surface area contributed by atoms with Crippen LogP contribution in [0.1, 0.15) is 11.6 Å². The monoisotopic (exact) mass is 267 g/mol. The molecule has 1 aromatic rings. The smallest absolute Gasteiger partial charge is 0.407 e. The van der Waals surface area contributed by atoms with Gasteiger partial charge in [-0.3, -0.25) is 0 Å². The van der Waals surface area contributed by atoms with E-state index in [0.717, 1.165) is 5.56 Å². The van der Waals surface area contributed by atoms with E-state index in [2.05, 4.69) is 5.32 Å².